The lowest BCUT2D eigenvalue weighted by Crippen LogP contribution is -2.32. The fraction of sp³-hybridized carbons (Fsp3) is 0.167. The van der Waals surface area contributed by atoms with E-state index in [0.29, 0.717) is 34.6 Å². The summed E-state index contributed by atoms with van der Waals surface area (Å²) in [4.78, 5) is 40.5. The topological polar surface area (TPSA) is 116 Å². The molecule has 2 aromatic carbocycles. The smallest absolute Gasteiger partial charge is 0.323 e. The molecule has 8 nitrogen and oxygen atoms in total. The van der Waals surface area contributed by atoms with Gasteiger partial charge in [-0.3, -0.25) is 9.59 Å². The molecule has 0 unspecified atom stereocenters. The molecule has 26 heavy (non-hydrogen) atoms. The molecule has 3 aromatic rings. The van der Waals surface area contributed by atoms with Crippen LogP contribution in [0.3, 0.4) is 0 Å². The largest absolute Gasteiger partial charge is 0.494 e. The van der Waals surface area contributed by atoms with E-state index < -0.39 is 0 Å². The van der Waals surface area contributed by atoms with Crippen molar-refractivity contribution in [3.05, 3.63) is 58.5 Å². The summed E-state index contributed by atoms with van der Waals surface area (Å²) in [6, 6.07) is 11.7. The highest BCUT2D eigenvalue weighted by molar-refractivity contribution is 5.99. The lowest BCUT2D eigenvalue weighted by molar-refractivity contribution is -0.115. The molecule has 0 fully saturated rings. The monoisotopic (exact) mass is 354 g/mol. The second kappa shape index (κ2) is 7.56. The summed E-state index contributed by atoms with van der Waals surface area (Å²) >= 11 is 0. The minimum Gasteiger partial charge on any atom is -0.494 e. The van der Waals surface area contributed by atoms with Crippen molar-refractivity contribution in [1.29, 1.82) is 0 Å². The van der Waals surface area contributed by atoms with Crippen molar-refractivity contribution in [2.24, 2.45) is 0 Å². The molecule has 0 aliphatic carbocycles. The van der Waals surface area contributed by atoms with E-state index in [1.807, 2.05) is 6.92 Å². The van der Waals surface area contributed by atoms with Crippen LogP contribution in [-0.2, 0) is 4.79 Å². The van der Waals surface area contributed by atoms with Crippen LogP contribution in [0.25, 0.3) is 11.0 Å². The predicted molar refractivity (Wildman–Crippen MR) is 97.5 cm³/mol. The van der Waals surface area contributed by atoms with Gasteiger partial charge in [0.05, 0.1) is 24.2 Å². The zero-order chi connectivity index (χ0) is 18.5. The van der Waals surface area contributed by atoms with E-state index in [2.05, 4.69) is 20.6 Å². The van der Waals surface area contributed by atoms with Crippen molar-refractivity contribution in [2.45, 2.75) is 6.92 Å². The number of imidazole rings is 1. The van der Waals surface area contributed by atoms with Gasteiger partial charge in [0.2, 0.25) is 5.91 Å². The first-order valence-electron chi connectivity index (χ1n) is 8.08. The fourth-order valence-electron chi connectivity index (χ4n) is 2.45. The second-order valence-electron chi connectivity index (χ2n) is 5.53. The molecule has 0 saturated heterocycles. The third kappa shape index (κ3) is 4.10. The van der Waals surface area contributed by atoms with Crippen LogP contribution in [0, 0.1) is 0 Å². The third-order valence-corrected chi connectivity index (χ3v) is 3.64. The fourth-order valence-corrected chi connectivity index (χ4v) is 2.45. The van der Waals surface area contributed by atoms with Gasteiger partial charge >= 0.3 is 5.69 Å². The number of aromatic amines is 2. The number of benzene rings is 2. The number of fused-ring (bicyclic) bond motifs is 1. The zero-order valence-corrected chi connectivity index (χ0v) is 14.1. The van der Waals surface area contributed by atoms with E-state index in [0.717, 1.165) is 0 Å². The van der Waals surface area contributed by atoms with Crippen LogP contribution in [0.5, 0.6) is 5.75 Å². The highest BCUT2D eigenvalue weighted by Gasteiger charge is 2.09. The van der Waals surface area contributed by atoms with Crippen molar-refractivity contribution in [3.63, 3.8) is 0 Å². The molecular weight excluding hydrogens is 336 g/mol. The maximum atomic E-state index is 12.1. The van der Waals surface area contributed by atoms with Crippen LogP contribution in [0.1, 0.15) is 17.3 Å². The van der Waals surface area contributed by atoms with Crippen molar-refractivity contribution in [2.75, 3.05) is 18.5 Å². The van der Waals surface area contributed by atoms with Crippen molar-refractivity contribution in [3.8, 4) is 5.75 Å². The summed E-state index contributed by atoms with van der Waals surface area (Å²) in [5.74, 6) is -0.0462. The maximum Gasteiger partial charge on any atom is 0.323 e. The average molecular weight is 354 g/mol. The van der Waals surface area contributed by atoms with E-state index in [9.17, 15) is 14.4 Å². The molecule has 4 N–H and O–H groups in total. The molecule has 0 atom stereocenters. The Balaban J connectivity index is 1.55. The molecule has 0 saturated carbocycles. The summed E-state index contributed by atoms with van der Waals surface area (Å²) in [6.07, 6.45) is 0. The van der Waals surface area contributed by atoms with E-state index in [1.165, 1.54) is 0 Å². The van der Waals surface area contributed by atoms with Gasteiger partial charge in [-0.2, -0.15) is 0 Å². The van der Waals surface area contributed by atoms with Crippen molar-refractivity contribution < 1.29 is 14.3 Å². The number of rotatable bonds is 6. The number of carbonyl (C=O) groups is 2. The Kier molecular flexibility index (Phi) is 5.02. The van der Waals surface area contributed by atoms with Crippen molar-refractivity contribution in [1.82, 2.24) is 15.3 Å². The second-order valence-corrected chi connectivity index (χ2v) is 5.53. The molecule has 0 spiro atoms. The van der Waals surface area contributed by atoms with Gasteiger partial charge in [-0.1, -0.05) is 0 Å². The first kappa shape index (κ1) is 17.3. The van der Waals surface area contributed by atoms with E-state index >= 15 is 0 Å². The normalized spacial score (nSPS) is 10.5. The molecule has 0 aliphatic rings. The van der Waals surface area contributed by atoms with Gasteiger partial charge in [0.15, 0.2) is 0 Å². The molecule has 1 aromatic heterocycles. The highest BCUT2D eigenvalue weighted by Crippen LogP contribution is 2.14. The molecule has 0 radical (unpaired) electrons. The van der Waals surface area contributed by atoms with Crippen LogP contribution < -0.4 is 21.1 Å². The zero-order valence-electron chi connectivity index (χ0n) is 14.1. The number of H-pyrrole nitrogens is 2. The summed E-state index contributed by atoms with van der Waals surface area (Å²) in [5.41, 5.74) is 1.88. The summed E-state index contributed by atoms with van der Waals surface area (Å²) in [7, 11) is 0. The van der Waals surface area contributed by atoms with Crippen LogP contribution in [-0.4, -0.2) is 34.9 Å². The lowest BCUT2D eigenvalue weighted by atomic mass is 10.2. The van der Waals surface area contributed by atoms with E-state index in [-0.39, 0.29) is 24.0 Å². The van der Waals surface area contributed by atoms with Crippen molar-refractivity contribution >= 4 is 28.5 Å². The molecule has 0 aliphatic heterocycles. The number of anilines is 1. The first-order valence-corrected chi connectivity index (χ1v) is 8.08. The minimum absolute atomic E-state index is 0.173. The number of nitrogens with one attached hydrogen (secondary N) is 4. The Morgan fingerprint density at radius 3 is 2.50 bits per heavy atom. The lowest BCUT2D eigenvalue weighted by Gasteiger charge is -2.08. The molecule has 1 heterocycles. The highest BCUT2D eigenvalue weighted by atomic mass is 16.5. The molecular formula is C18H18N4O4. The summed E-state index contributed by atoms with van der Waals surface area (Å²) in [6.45, 7) is 2.26. The third-order valence-electron chi connectivity index (χ3n) is 3.64. The maximum absolute atomic E-state index is 12.1. The summed E-state index contributed by atoms with van der Waals surface area (Å²) in [5, 5.41) is 5.22. The molecule has 0 bridgehead atoms. The van der Waals surface area contributed by atoms with Crippen LogP contribution in [0.15, 0.2) is 47.3 Å². The quantitative estimate of drug-likeness (QED) is 0.538. The number of hydrogen-bond donors (Lipinski definition) is 4. The average Bonchev–Trinajstić information content (AvgIpc) is 3.00. The van der Waals surface area contributed by atoms with Gasteiger partial charge in [-0.15, -0.1) is 0 Å². The Bertz CT molecular complexity index is 988. The van der Waals surface area contributed by atoms with Crippen LogP contribution in [0.4, 0.5) is 5.69 Å². The molecule has 8 heteroatoms. The Labute approximate surface area is 148 Å². The molecule has 2 amide bonds. The van der Waals surface area contributed by atoms with Gasteiger partial charge in [0, 0.05) is 11.3 Å². The Morgan fingerprint density at radius 1 is 1.04 bits per heavy atom. The van der Waals surface area contributed by atoms with Gasteiger partial charge in [0.25, 0.3) is 5.91 Å². The van der Waals surface area contributed by atoms with Gasteiger partial charge in [-0.05, 0) is 49.4 Å². The molecule has 3 rings (SSSR count). The Morgan fingerprint density at radius 2 is 1.77 bits per heavy atom. The van der Waals surface area contributed by atoms with Crippen LogP contribution in [0.2, 0.25) is 0 Å². The standard InChI is InChI=1S/C18H18N4O4/c1-2-26-13-6-3-11(4-7-13)17(24)19-10-16(23)20-12-5-8-14-15(9-12)22-18(25)21-14/h3-9H,2,10H2,1H3,(H,19,24)(H,20,23)(H2,21,22,25). The van der Waals surface area contributed by atoms with Gasteiger partial charge in [-0.25, -0.2) is 4.79 Å². The number of ether oxygens (including phenoxy) is 1. The van der Waals surface area contributed by atoms with E-state index in [4.69, 9.17) is 4.74 Å². The first-order chi connectivity index (χ1) is 12.5. The predicted octanol–water partition coefficient (Wildman–Crippen LogP) is 1.62. The van der Waals surface area contributed by atoms with E-state index in [1.54, 1.807) is 42.5 Å². The van der Waals surface area contributed by atoms with Crippen LogP contribution >= 0.6 is 0 Å². The minimum atomic E-state index is -0.374. The van der Waals surface area contributed by atoms with Gasteiger partial charge in [0.1, 0.15) is 5.75 Å². The van der Waals surface area contributed by atoms with Gasteiger partial charge < -0.3 is 25.3 Å². The summed E-state index contributed by atoms with van der Waals surface area (Å²) < 4.78 is 5.32. The number of amides is 2. The Hall–Kier alpha value is -3.55. The number of carbonyl (C=O) groups excluding carboxylic acids is 2. The molecule has 134 valence electrons. The SMILES string of the molecule is CCOc1ccc(C(=O)NCC(=O)Nc2ccc3[nH]c(=O)[nH]c3c2)cc1. The number of hydrogen-bond acceptors (Lipinski definition) is 4. The number of aromatic nitrogens is 2.